The Kier molecular flexibility index (Phi) is 3.44. The van der Waals surface area contributed by atoms with E-state index in [9.17, 15) is 8.42 Å². The second-order valence-electron chi connectivity index (χ2n) is 4.97. The van der Waals surface area contributed by atoms with E-state index in [2.05, 4.69) is 0 Å². The fraction of sp³-hybridized carbons (Fsp3) is 0.667. The lowest BCUT2D eigenvalue weighted by atomic mass is 10.1. The summed E-state index contributed by atoms with van der Waals surface area (Å²) in [6.45, 7) is 2.08. The zero-order valence-corrected chi connectivity index (χ0v) is 11.8. The molecule has 1 saturated heterocycles. The molecule has 100 valence electrons. The average Bonchev–Trinajstić information content (AvgIpc) is 2.87. The molecule has 1 aliphatic heterocycles. The fourth-order valence-corrected chi connectivity index (χ4v) is 5.19. The van der Waals surface area contributed by atoms with Crippen LogP contribution in [0.15, 0.2) is 21.7 Å². The van der Waals surface area contributed by atoms with Crippen LogP contribution < -0.4 is 0 Å². The summed E-state index contributed by atoms with van der Waals surface area (Å²) in [5, 5.41) is 1.82. The van der Waals surface area contributed by atoms with Gasteiger partial charge in [-0.15, -0.1) is 11.3 Å². The first-order valence-electron chi connectivity index (χ1n) is 6.31. The van der Waals surface area contributed by atoms with Gasteiger partial charge in [-0.2, -0.15) is 4.31 Å². The molecule has 1 aromatic rings. The standard InChI is InChI=1S/C12H17NO3S2/c14-18(15,12-2-1-7-17-12)13(11-3-4-11)8-10-5-6-16-9-10/h1-2,7,10-11H,3-6,8-9H2/t10-/m0/s1. The van der Waals surface area contributed by atoms with Crippen molar-refractivity contribution in [2.24, 2.45) is 5.92 Å². The van der Waals surface area contributed by atoms with Gasteiger partial charge >= 0.3 is 0 Å². The van der Waals surface area contributed by atoms with Gasteiger partial charge in [-0.3, -0.25) is 0 Å². The number of ether oxygens (including phenoxy) is 1. The Morgan fingerprint density at radius 1 is 1.39 bits per heavy atom. The second-order valence-corrected chi connectivity index (χ2v) is 8.03. The lowest BCUT2D eigenvalue weighted by Gasteiger charge is -2.23. The molecule has 0 amide bonds. The molecule has 0 spiro atoms. The third-order valence-corrected chi connectivity index (χ3v) is 6.77. The third kappa shape index (κ3) is 2.47. The highest BCUT2D eigenvalue weighted by molar-refractivity contribution is 7.91. The molecule has 1 aromatic heterocycles. The summed E-state index contributed by atoms with van der Waals surface area (Å²) >= 11 is 1.30. The predicted octanol–water partition coefficient (Wildman–Crippen LogP) is 1.94. The Balaban J connectivity index is 1.80. The van der Waals surface area contributed by atoms with Crippen molar-refractivity contribution in [2.45, 2.75) is 29.5 Å². The summed E-state index contributed by atoms with van der Waals surface area (Å²) in [6.07, 6.45) is 2.97. The van der Waals surface area contributed by atoms with E-state index >= 15 is 0 Å². The Hall–Kier alpha value is -0.430. The van der Waals surface area contributed by atoms with Crippen LogP contribution in [-0.2, 0) is 14.8 Å². The van der Waals surface area contributed by atoms with Crippen LogP contribution in [0.25, 0.3) is 0 Å². The van der Waals surface area contributed by atoms with Crippen LogP contribution in [0.4, 0.5) is 0 Å². The number of rotatable bonds is 5. The van der Waals surface area contributed by atoms with Crippen molar-refractivity contribution < 1.29 is 13.2 Å². The molecule has 3 rings (SSSR count). The van der Waals surface area contributed by atoms with Crippen molar-refractivity contribution in [1.82, 2.24) is 4.31 Å². The quantitative estimate of drug-likeness (QED) is 0.831. The molecule has 6 heteroatoms. The molecule has 1 saturated carbocycles. The van der Waals surface area contributed by atoms with E-state index in [4.69, 9.17) is 4.74 Å². The summed E-state index contributed by atoms with van der Waals surface area (Å²) < 4.78 is 32.6. The molecule has 1 aliphatic carbocycles. The number of nitrogens with zero attached hydrogens (tertiary/aromatic N) is 1. The van der Waals surface area contributed by atoms with Crippen LogP contribution in [0.3, 0.4) is 0 Å². The summed E-state index contributed by atoms with van der Waals surface area (Å²) in [5.41, 5.74) is 0. The summed E-state index contributed by atoms with van der Waals surface area (Å²) in [7, 11) is -3.29. The van der Waals surface area contributed by atoms with Crippen LogP contribution in [0.1, 0.15) is 19.3 Å². The van der Waals surface area contributed by atoms with Crippen LogP contribution in [0.2, 0.25) is 0 Å². The van der Waals surface area contributed by atoms with Crippen molar-refractivity contribution >= 4 is 21.4 Å². The lowest BCUT2D eigenvalue weighted by molar-refractivity contribution is 0.180. The molecule has 2 aliphatic rings. The number of hydrogen-bond donors (Lipinski definition) is 0. The van der Waals surface area contributed by atoms with E-state index in [0.29, 0.717) is 23.3 Å². The molecule has 0 aromatic carbocycles. The zero-order chi connectivity index (χ0) is 12.6. The van der Waals surface area contributed by atoms with E-state index in [1.807, 2.05) is 5.38 Å². The number of hydrogen-bond acceptors (Lipinski definition) is 4. The van der Waals surface area contributed by atoms with Gasteiger partial charge in [0.2, 0.25) is 0 Å². The monoisotopic (exact) mass is 287 g/mol. The zero-order valence-electron chi connectivity index (χ0n) is 10.1. The molecule has 1 atom stereocenters. The van der Waals surface area contributed by atoms with Gasteiger partial charge in [0.05, 0.1) is 6.61 Å². The smallest absolute Gasteiger partial charge is 0.252 e. The molecule has 18 heavy (non-hydrogen) atoms. The van der Waals surface area contributed by atoms with E-state index < -0.39 is 10.0 Å². The minimum atomic E-state index is -3.29. The molecule has 0 radical (unpaired) electrons. The highest BCUT2D eigenvalue weighted by Crippen LogP contribution is 2.34. The highest BCUT2D eigenvalue weighted by Gasteiger charge is 2.40. The fourth-order valence-electron chi connectivity index (χ4n) is 2.31. The van der Waals surface area contributed by atoms with E-state index in [0.717, 1.165) is 25.9 Å². The maximum atomic E-state index is 12.6. The largest absolute Gasteiger partial charge is 0.381 e. The number of thiophene rings is 1. The minimum Gasteiger partial charge on any atom is -0.381 e. The molecule has 0 unspecified atom stereocenters. The van der Waals surface area contributed by atoms with Gasteiger partial charge in [0.1, 0.15) is 4.21 Å². The normalized spacial score (nSPS) is 24.8. The molecule has 4 nitrogen and oxygen atoms in total. The summed E-state index contributed by atoms with van der Waals surface area (Å²) in [6, 6.07) is 3.71. The summed E-state index contributed by atoms with van der Waals surface area (Å²) in [5.74, 6) is 0.361. The molecular formula is C12H17NO3S2. The van der Waals surface area contributed by atoms with Gasteiger partial charge in [0, 0.05) is 19.2 Å². The third-order valence-electron chi connectivity index (χ3n) is 3.47. The number of sulfonamides is 1. The van der Waals surface area contributed by atoms with Crippen LogP contribution in [0.5, 0.6) is 0 Å². The van der Waals surface area contributed by atoms with Gasteiger partial charge in [-0.05, 0) is 36.6 Å². The molecule has 2 fully saturated rings. The lowest BCUT2D eigenvalue weighted by Crippen LogP contribution is -2.37. The van der Waals surface area contributed by atoms with E-state index in [1.165, 1.54) is 11.3 Å². The molecular weight excluding hydrogens is 270 g/mol. The van der Waals surface area contributed by atoms with Gasteiger partial charge in [0.15, 0.2) is 0 Å². The Labute approximate surface area is 112 Å². The maximum Gasteiger partial charge on any atom is 0.252 e. The van der Waals surface area contributed by atoms with Gasteiger partial charge in [0.25, 0.3) is 10.0 Å². The predicted molar refractivity (Wildman–Crippen MR) is 70.2 cm³/mol. The highest BCUT2D eigenvalue weighted by atomic mass is 32.2. The topological polar surface area (TPSA) is 46.6 Å². The van der Waals surface area contributed by atoms with Crippen molar-refractivity contribution in [3.8, 4) is 0 Å². The first kappa shape index (κ1) is 12.6. The summed E-state index contributed by atoms with van der Waals surface area (Å²) in [4.78, 5) is 0. The van der Waals surface area contributed by atoms with Gasteiger partial charge in [-0.25, -0.2) is 8.42 Å². The first-order chi connectivity index (χ1) is 8.68. The van der Waals surface area contributed by atoms with Crippen molar-refractivity contribution in [2.75, 3.05) is 19.8 Å². The Morgan fingerprint density at radius 2 is 2.22 bits per heavy atom. The van der Waals surface area contributed by atoms with E-state index in [1.54, 1.807) is 16.4 Å². The first-order valence-corrected chi connectivity index (χ1v) is 8.63. The van der Waals surface area contributed by atoms with Crippen molar-refractivity contribution in [3.05, 3.63) is 17.5 Å². The van der Waals surface area contributed by atoms with Crippen molar-refractivity contribution in [3.63, 3.8) is 0 Å². The van der Waals surface area contributed by atoms with Crippen LogP contribution in [0, 0.1) is 5.92 Å². The maximum absolute atomic E-state index is 12.6. The SMILES string of the molecule is O=S(=O)(c1cccs1)N(C[C@@H]1CCOC1)C1CC1. The Morgan fingerprint density at radius 3 is 2.78 bits per heavy atom. The molecule has 2 heterocycles. The molecule has 0 N–H and O–H groups in total. The van der Waals surface area contributed by atoms with E-state index in [-0.39, 0.29) is 6.04 Å². The average molecular weight is 287 g/mol. The van der Waals surface area contributed by atoms with Gasteiger partial charge < -0.3 is 4.74 Å². The van der Waals surface area contributed by atoms with Crippen LogP contribution >= 0.6 is 11.3 Å². The second kappa shape index (κ2) is 4.92. The minimum absolute atomic E-state index is 0.220. The van der Waals surface area contributed by atoms with Gasteiger partial charge in [-0.1, -0.05) is 6.07 Å². The Bertz CT molecular complexity index is 487. The van der Waals surface area contributed by atoms with Crippen LogP contribution in [-0.4, -0.2) is 38.5 Å². The molecule has 0 bridgehead atoms. The van der Waals surface area contributed by atoms with Crippen molar-refractivity contribution in [1.29, 1.82) is 0 Å².